The van der Waals surface area contributed by atoms with Crippen LogP contribution in [0, 0.1) is 0 Å². The number of nitrogens with two attached hydrogens (primary N) is 1. The van der Waals surface area contributed by atoms with Gasteiger partial charge >= 0.3 is 0 Å². The van der Waals surface area contributed by atoms with Gasteiger partial charge in [0.15, 0.2) is 0 Å². The Balaban J connectivity index is 2.03. The summed E-state index contributed by atoms with van der Waals surface area (Å²) in [7, 11) is 0. The molecule has 0 atom stereocenters. The highest BCUT2D eigenvalue weighted by molar-refractivity contribution is 5.88. The van der Waals surface area contributed by atoms with Crippen molar-refractivity contribution in [1.82, 2.24) is 0 Å². The first kappa shape index (κ1) is 11.4. The molecule has 94 valence electrons. The van der Waals surface area contributed by atoms with Gasteiger partial charge in [0.25, 0.3) is 0 Å². The van der Waals surface area contributed by atoms with E-state index < -0.39 is 0 Å². The van der Waals surface area contributed by atoms with Gasteiger partial charge in [0.2, 0.25) is 0 Å². The molecule has 0 unspecified atom stereocenters. The summed E-state index contributed by atoms with van der Waals surface area (Å²) in [5.41, 5.74) is 5.91. The second-order valence-corrected chi connectivity index (χ2v) is 4.30. The molecular weight excluding hydrogens is 238 g/mol. The van der Waals surface area contributed by atoms with Crippen LogP contribution in [0.2, 0.25) is 0 Å². The summed E-state index contributed by atoms with van der Waals surface area (Å²) in [6, 6.07) is 18.7. The molecule has 0 aliphatic heterocycles. The summed E-state index contributed by atoms with van der Waals surface area (Å²) in [5, 5.41) is 11.7. The molecule has 0 fully saturated rings. The monoisotopic (exact) mass is 251 g/mol. The van der Waals surface area contributed by atoms with Crippen molar-refractivity contribution >= 4 is 16.5 Å². The van der Waals surface area contributed by atoms with Gasteiger partial charge in [0, 0.05) is 11.5 Å². The number of hydrogen-bond donors (Lipinski definition) is 2. The molecule has 3 heteroatoms. The average Bonchev–Trinajstić information content (AvgIpc) is 2.43. The highest BCUT2D eigenvalue weighted by atomic mass is 16.5. The van der Waals surface area contributed by atoms with Gasteiger partial charge in [-0.2, -0.15) is 0 Å². The Morgan fingerprint density at radius 1 is 0.895 bits per heavy atom. The molecule has 0 aromatic heterocycles. The maximum atomic E-state index is 9.59. The molecule has 3 aromatic carbocycles. The van der Waals surface area contributed by atoms with Gasteiger partial charge in [0.1, 0.15) is 17.2 Å². The van der Waals surface area contributed by atoms with Crippen molar-refractivity contribution in [3.8, 4) is 17.2 Å². The number of rotatable bonds is 2. The Morgan fingerprint density at radius 2 is 1.68 bits per heavy atom. The normalized spacial score (nSPS) is 10.5. The minimum absolute atomic E-state index is 0.0257. The lowest BCUT2D eigenvalue weighted by atomic mass is 10.1. The summed E-state index contributed by atoms with van der Waals surface area (Å²) < 4.78 is 5.81. The van der Waals surface area contributed by atoms with E-state index in [1.807, 2.05) is 42.5 Å². The molecule has 0 saturated carbocycles. The van der Waals surface area contributed by atoms with Crippen LogP contribution >= 0.6 is 0 Å². The van der Waals surface area contributed by atoms with Crippen molar-refractivity contribution in [2.45, 2.75) is 0 Å². The van der Waals surface area contributed by atoms with Crippen LogP contribution in [0.5, 0.6) is 17.2 Å². The molecule has 19 heavy (non-hydrogen) atoms. The first-order valence-electron chi connectivity index (χ1n) is 5.98. The fourth-order valence-electron chi connectivity index (χ4n) is 2.00. The van der Waals surface area contributed by atoms with E-state index in [-0.39, 0.29) is 5.75 Å². The molecule has 3 aromatic rings. The number of anilines is 1. The van der Waals surface area contributed by atoms with Crippen molar-refractivity contribution in [2.75, 3.05) is 5.73 Å². The lowest BCUT2D eigenvalue weighted by molar-refractivity contribution is 0.459. The second-order valence-electron chi connectivity index (χ2n) is 4.30. The quantitative estimate of drug-likeness (QED) is 0.536. The Labute approximate surface area is 110 Å². The number of phenols is 1. The Morgan fingerprint density at radius 3 is 2.53 bits per heavy atom. The zero-order valence-corrected chi connectivity index (χ0v) is 10.2. The lowest BCUT2D eigenvalue weighted by Gasteiger charge is -2.09. The van der Waals surface area contributed by atoms with Crippen molar-refractivity contribution in [2.24, 2.45) is 0 Å². The van der Waals surface area contributed by atoms with Crippen molar-refractivity contribution < 1.29 is 9.84 Å². The number of aromatic hydroxyl groups is 1. The van der Waals surface area contributed by atoms with Crippen LogP contribution in [0.3, 0.4) is 0 Å². The largest absolute Gasteiger partial charge is 0.506 e. The fraction of sp³-hybridized carbons (Fsp3) is 0. The highest BCUT2D eigenvalue weighted by Crippen LogP contribution is 2.32. The van der Waals surface area contributed by atoms with Gasteiger partial charge in [0.05, 0.1) is 5.69 Å². The van der Waals surface area contributed by atoms with E-state index in [2.05, 4.69) is 0 Å². The highest BCUT2D eigenvalue weighted by Gasteiger charge is 2.04. The first-order chi connectivity index (χ1) is 9.24. The van der Waals surface area contributed by atoms with Crippen LogP contribution in [0.15, 0.2) is 60.7 Å². The Kier molecular flexibility index (Phi) is 2.72. The van der Waals surface area contributed by atoms with E-state index in [0.29, 0.717) is 11.4 Å². The molecule has 0 radical (unpaired) electrons. The molecule has 0 aliphatic carbocycles. The fourth-order valence-corrected chi connectivity index (χ4v) is 2.00. The summed E-state index contributed by atoms with van der Waals surface area (Å²) >= 11 is 0. The second kappa shape index (κ2) is 4.53. The number of ether oxygens (including phenoxy) is 1. The topological polar surface area (TPSA) is 55.5 Å². The van der Waals surface area contributed by atoms with E-state index in [4.69, 9.17) is 10.5 Å². The van der Waals surface area contributed by atoms with E-state index in [9.17, 15) is 5.11 Å². The molecule has 3 N–H and O–H groups in total. The molecule has 0 aliphatic rings. The van der Waals surface area contributed by atoms with Gasteiger partial charge in [-0.25, -0.2) is 0 Å². The van der Waals surface area contributed by atoms with E-state index in [1.54, 1.807) is 12.1 Å². The van der Waals surface area contributed by atoms with Crippen LogP contribution in [-0.2, 0) is 0 Å². The zero-order valence-electron chi connectivity index (χ0n) is 10.2. The van der Waals surface area contributed by atoms with Gasteiger partial charge < -0.3 is 15.6 Å². The maximum Gasteiger partial charge on any atom is 0.142 e. The summed E-state index contributed by atoms with van der Waals surface area (Å²) in [5.74, 6) is 1.34. The standard InChI is InChI=1S/C16H13NO2/c17-14-9-8-12(10-15(14)18)19-16-7-3-5-11-4-1-2-6-13(11)16/h1-10,18H,17H2. The molecular formula is C16H13NO2. The summed E-state index contributed by atoms with van der Waals surface area (Å²) in [4.78, 5) is 0. The minimum Gasteiger partial charge on any atom is -0.506 e. The smallest absolute Gasteiger partial charge is 0.142 e. The van der Waals surface area contributed by atoms with Gasteiger partial charge in [-0.15, -0.1) is 0 Å². The van der Waals surface area contributed by atoms with E-state index in [0.717, 1.165) is 16.5 Å². The van der Waals surface area contributed by atoms with Crippen LogP contribution in [0.4, 0.5) is 5.69 Å². The summed E-state index contributed by atoms with van der Waals surface area (Å²) in [6.45, 7) is 0. The predicted molar refractivity (Wildman–Crippen MR) is 76.5 cm³/mol. The van der Waals surface area contributed by atoms with Crippen LogP contribution in [0.25, 0.3) is 10.8 Å². The molecule has 0 amide bonds. The average molecular weight is 251 g/mol. The zero-order chi connectivity index (χ0) is 13.2. The number of phenolic OH excluding ortho intramolecular Hbond substituents is 1. The van der Waals surface area contributed by atoms with Crippen LogP contribution < -0.4 is 10.5 Å². The third kappa shape index (κ3) is 2.18. The van der Waals surface area contributed by atoms with Crippen molar-refractivity contribution in [1.29, 1.82) is 0 Å². The summed E-state index contributed by atoms with van der Waals surface area (Å²) in [6.07, 6.45) is 0. The van der Waals surface area contributed by atoms with Crippen LogP contribution in [-0.4, -0.2) is 5.11 Å². The lowest BCUT2D eigenvalue weighted by Crippen LogP contribution is -1.88. The van der Waals surface area contributed by atoms with Gasteiger partial charge in [-0.05, 0) is 23.6 Å². The van der Waals surface area contributed by atoms with E-state index in [1.165, 1.54) is 6.07 Å². The molecule has 3 rings (SSSR count). The first-order valence-corrected chi connectivity index (χ1v) is 5.98. The molecule has 0 spiro atoms. The number of fused-ring (bicyclic) bond motifs is 1. The third-order valence-electron chi connectivity index (χ3n) is 2.98. The van der Waals surface area contributed by atoms with E-state index >= 15 is 0 Å². The predicted octanol–water partition coefficient (Wildman–Crippen LogP) is 3.92. The maximum absolute atomic E-state index is 9.59. The van der Waals surface area contributed by atoms with Crippen molar-refractivity contribution in [3.05, 3.63) is 60.7 Å². The van der Waals surface area contributed by atoms with Crippen LogP contribution in [0.1, 0.15) is 0 Å². The SMILES string of the molecule is Nc1ccc(Oc2cccc3ccccc23)cc1O. The van der Waals surface area contributed by atoms with Gasteiger partial charge in [-0.1, -0.05) is 36.4 Å². The molecule has 0 bridgehead atoms. The number of nitrogen functional groups attached to an aromatic ring is 1. The Bertz CT molecular complexity index is 732. The number of hydrogen-bond acceptors (Lipinski definition) is 3. The number of benzene rings is 3. The molecule has 3 nitrogen and oxygen atoms in total. The van der Waals surface area contributed by atoms with Crippen molar-refractivity contribution in [3.63, 3.8) is 0 Å². The van der Waals surface area contributed by atoms with Gasteiger partial charge in [-0.3, -0.25) is 0 Å². The Hall–Kier alpha value is -2.68. The third-order valence-corrected chi connectivity index (χ3v) is 2.98. The minimum atomic E-state index is 0.0257. The molecule has 0 heterocycles. The molecule has 0 saturated heterocycles.